The maximum absolute atomic E-state index is 13.1. The van der Waals surface area contributed by atoms with E-state index < -0.39 is 11.8 Å². The Morgan fingerprint density at radius 2 is 1.53 bits per heavy atom. The summed E-state index contributed by atoms with van der Waals surface area (Å²) in [5.74, 6) is -0.763. The highest BCUT2D eigenvalue weighted by atomic mass is 16.7. The third-order valence-electron chi connectivity index (χ3n) is 5.54. The van der Waals surface area contributed by atoms with Crippen LogP contribution in [0, 0.1) is 0 Å². The molecule has 0 saturated heterocycles. The summed E-state index contributed by atoms with van der Waals surface area (Å²) in [6.07, 6.45) is 0. The van der Waals surface area contributed by atoms with Crippen molar-refractivity contribution in [1.29, 1.82) is 0 Å². The molecular formula is C26H22O6. The molecule has 2 aliphatic heterocycles. The van der Waals surface area contributed by atoms with Gasteiger partial charge in [-0.2, -0.15) is 0 Å². The van der Waals surface area contributed by atoms with Gasteiger partial charge in [-0.25, -0.2) is 4.79 Å². The number of hydrogen-bond donors (Lipinski definition) is 0. The van der Waals surface area contributed by atoms with E-state index in [0.717, 1.165) is 16.7 Å². The Labute approximate surface area is 185 Å². The second-order valence-electron chi connectivity index (χ2n) is 7.33. The van der Waals surface area contributed by atoms with Crippen molar-refractivity contribution < 1.29 is 28.5 Å². The lowest BCUT2D eigenvalue weighted by atomic mass is 9.92. The van der Waals surface area contributed by atoms with Gasteiger partial charge in [0.1, 0.15) is 5.76 Å². The second-order valence-corrected chi connectivity index (χ2v) is 7.33. The van der Waals surface area contributed by atoms with Gasteiger partial charge in [-0.15, -0.1) is 0 Å². The molecule has 6 heteroatoms. The minimum absolute atomic E-state index is 0.113. The minimum atomic E-state index is -1.75. The monoisotopic (exact) mass is 430 g/mol. The number of esters is 1. The van der Waals surface area contributed by atoms with E-state index in [1.54, 1.807) is 13.0 Å². The summed E-state index contributed by atoms with van der Waals surface area (Å²) < 4.78 is 28.7. The molecule has 2 aliphatic rings. The fourth-order valence-corrected chi connectivity index (χ4v) is 4.09. The molecule has 0 N–H and O–H groups in total. The zero-order chi connectivity index (χ0) is 22.1. The minimum Gasteiger partial charge on any atom is -0.461 e. The van der Waals surface area contributed by atoms with E-state index in [-0.39, 0.29) is 13.4 Å². The largest absolute Gasteiger partial charge is 0.461 e. The topological polar surface area (TPSA) is 63.2 Å². The molecule has 0 fully saturated rings. The Morgan fingerprint density at radius 1 is 0.938 bits per heavy atom. The average Bonchev–Trinajstić information content (AvgIpc) is 3.42. The number of carbonyl (C=O) groups excluding carboxylic acids is 1. The summed E-state index contributed by atoms with van der Waals surface area (Å²) in [6, 6.07) is 23.3. The number of fused-ring (bicyclic) bond motifs is 2. The zero-order valence-corrected chi connectivity index (χ0v) is 17.8. The van der Waals surface area contributed by atoms with Crippen LogP contribution >= 0.6 is 0 Å². The summed E-state index contributed by atoms with van der Waals surface area (Å²) in [5.41, 5.74) is 3.91. The molecule has 3 aromatic carbocycles. The molecule has 162 valence electrons. The zero-order valence-electron chi connectivity index (χ0n) is 17.8. The van der Waals surface area contributed by atoms with E-state index >= 15 is 0 Å². The van der Waals surface area contributed by atoms with E-state index in [2.05, 4.69) is 0 Å². The fraction of sp³-hybridized carbons (Fsp3) is 0.192. The molecule has 3 aromatic rings. The van der Waals surface area contributed by atoms with E-state index in [0.29, 0.717) is 28.4 Å². The van der Waals surface area contributed by atoms with E-state index in [1.807, 2.05) is 66.7 Å². The van der Waals surface area contributed by atoms with Crippen molar-refractivity contribution in [1.82, 2.24) is 0 Å². The van der Waals surface area contributed by atoms with Gasteiger partial charge in [-0.05, 0) is 30.2 Å². The van der Waals surface area contributed by atoms with Crippen molar-refractivity contribution in [2.24, 2.45) is 0 Å². The van der Waals surface area contributed by atoms with Gasteiger partial charge in [0.15, 0.2) is 11.5 Å². The molecule has 1 unspecified atom stereocenters. The van der Waals surface area contributed by atoms with Crippen LogP contribution in [0.25, 0.3) is 11.3 Å². The quantitative estimate of drug-likeness (QED) is 0.546. The van der Waals surface area contributed by atoms with E-state index in [4.69, 9.17) is 23.7 Å². The predicted molar refractivity (Wildman–Crippen MR) is 118 cm³/mol. The Bertz CT molecular complexity index is 1140. The van der Waals surface area contributed by atoms with Crippen LogP contribution in [0.15, 0.2) is 72.8 Å². The molecule has 2 heterocycles. The molecule has 0 saturated carbocycles. The van der Waals surface area contributed by atoms with Crippen LogP contribution in [0.4, 0.5) is 0 Å². The number of hydrogen-bond acceptors (Lipinski definition) is 6. The average molecular weight is 430 g/mol. The van der Waals surface area contributed by atoms with E-state index in [9.17, 15) is 4.79 Å². The summed E-state index contributed by atoms with van der Waals surface area (Å²) in [6.45, 7) is 2.05. The van der Waals surface area contributed by atoms with E-state index in [1.165, 1.54) is 7.11 Å². The van der Waals surface area contributed by atoms with Gasteiger partial charge in [0.2, 0.25) is 6.79 Å². The van der Waals surface area contributed by atoms with Gasteiger partial charge in [0.25, 0.3) is 0 Å². The lowest BCUT2D eigenvalue weighted by Crippen LogP contribution is -2.39. The summed E-state index contributed by atoms with van der Waals surface area (Å²) in [4.78, 5) is 13.1. The van der Waals surface area contributed by atoms with Crippen molar-refractivity contribution in [3.8, 4) is 11.5 Å². The molecular weight excluding hydrogens is 408 g/mol. The Hall–Kier alpha value is -3.77. The smallest absolute Gasteiger partial charge is 0.385 e. The molecule has 5 rings (SSSR count). The molecule has 0 spiro atoms. The van der Waals surface area contributed by atoms with Crippen molar-refractivity contribution >= 4 is 17.3 Å². The molecule has 0 aromatic heterocycles. The molecule has 0 aliphatic carbocycles. The third-order valence-corrected chi connectivity index (χ3v) is 5.54. The normalized spacial score (nSPS) is 18.1. The molecule has 0 radical (unpaired) electrons. The Balaban J connectivity index is 1.83. The SMILES string of the molecule is CCOC(=O)C1(OC)OC(=C(c2ccccc2)c2ccccc2)c2cc3c(cc21)OCO3. The first-order valence-electron chi connectivity index (χ1n) is 10.4. The Kier molecular flexibility index (Phi) is 5.07. The van der Waals surface area contributed by atoms with Gasteiger partial charge >= 0.3 is 11.8 Å². The van der Waals surface area contributed by atoms with Crippen molar-refractivity contribution in [3.05, 3.63) is 95.1 Å². The fourth-order valence-electron chi connectivity index (χ4n) is 4.09. The van der Waals surface area contributed by atoms with Crippen LogP contribution in [-0.2, 0) is 24.8 Å². The van der Waals surface area contributed by atoms with Gasteiger partial charge < -0.3 is 23.7 Å². The number of carbonyl (C=O) groups is 1. The first-order chi connectivity index (χ1) is 15.7. The second kappa shape index (κ2) is 8.05. The highest BCUT2D eigenvalue weighted by molar-refractivity contribution is 6.01. The summed E-state index contributed by atoms with van der Waals surface area (Å²) in [5, 5.41) is 0. The first-order valence-corrected chi connectivity index (χ1v) is 10.4. The lowest BCUT2D eigenvalue weighted by Gasteiger charge is -2.26. The van der Waals surface area contributed by atoms with Crippen molar-refractivity contribution in [2.45, 2.75) is 12.7 Å². The van der Waals surface area contributed by atoms with Crippen molar-refractivity contribution in [3.63, 3.8) is 0 Å². The van der Waals surface area contributed by atoms with Crippen LogP contribution in [0.3, 0.4) is 0 Å². The van der Waals surface area contributed by atoms with Gasteiger partial charge in [-0.1, -0.05) is 60.7 Å². The molecule has 0 bridgehead atoms. The Morgan fingerprint density at radius 3 is 2.09 bits per heavy atom. The highest BCUT2D eigenvalue weighted by Crippen LogP contribution is 2.52. The number of methoxy groups -OCH3 is 1. The highest BCUT2D eigenvalue weighted by Gasteiger charge is 2.54. The van der Waals surface area contributed by atoms with Crippen LogP contribution in [0.5, 0.6) is 11.5 Å². The molecule has 6 nitrogen and oxygen atoms in total. The number of ether oxygens (including phenoxy) is 5. The van der Waals surface area contributed by atoms with Crippen molar-refractivity contribution in [2.75, 3.05) is 20.5 Å². The van der Waals surface area contributed by atoms with Gasteiger partial charge in [0.05, 0.1) is 12.2 Å². The van der Waals surface area contributed by atoms with Gasteiger partial charge in [-0.3, -0.25) is 0 Å². The molecule has 0 amide bonds. The standard InChI is InChI=1S/C26H22O6/c1-3-29-25(27)26(28-2)20-15-22-21(30-16-31-22)14-19(20)24(32-26)23(17-10-6-4-7-11-17)18-12-8-5-9-13-18/h4-15H,3,16H2,1-2H3. The van der Waals surface area contributed by atoms with Crippen LogP contribution in [-0.4, -0.2) is 26.5 Å². The maximum atomic E-state index is 13.1. The summed E-state index contributed by atoms with van der Waals surface area (Å²) in [7, 11) is 1.43. The van der Waals surface area contributed by atoms with Crippen LogP contribution < -0.4 is 9.47 Å². The predicted octanol–water partition coefficient (Wildman–Crippen LogP) is 4.72. The summed E-state index contributed by atoms with van der Waals surface area (Å²) >= 11 is 0. The third kappa shape index (κ3) is 3.11. The maximum Gasteiger partial charge on any atom is 0.385 e. The molecule has 32 heavy (non-hydrogen) atoms. The number of benzene rings is 3. The lowest BCUT2D eigenvalue weighted by molar-refractivity contribution is -0.217. The van der Waals surface area contributed by atoms with Crippen LogP contribution in [0.2, 0.25) is 0 Å². The molecule has 1 atom stereocenters. The number of rotatable bonds is 5. The first kappa shape index (κ1) is 20.2. The van der Waals surface area contributed by atoms with Gasteiger partial charge in [0, 0.05) is 18.2 Å². The van der Waals surface area contributed by atoms with Crippen LogP contribution in [0.1, 0.15) is 29.2 Å².